The number of para-hydroxylation sites is 1. The fourth-order valence-corrected chi connectivity index (χ4v) is 3.20. The van der Waals surface area contributed by atoms with Gasteiger partial charge in [-0.3, -0.25) is 9.59 Å². The van der Waals surface area contributed by atoms with Crippen LogP contribution in [0.2, 0.25) is 5.02 Å². The Hall–Kier alpha value is -2.34. The minimum Gasteiger partial charge on any atom is -0.350 e. The van der Waals surface area contributed by atoms with Crippen LogP contribution in [0, 0.1) is 5.92 Å². The van der Waals surface area contributed by atoms with Gasteiger partial charge in [-0.2, -0.15) is 0 Å². The Labute approximate surface area is 157 Å². The molecule has 0 radical (unpaired) electrons. The summed E-state index contributed by atoms with van der Waals surface area (Å²) in [7, 11) is 0. The summed E-state index contributed by atoms with van der Waals surface area (Å²) >= 11 is 6.12. The van der Waals surface area contributed by atoms with E-state index in [2.05, 4.69) is 15.6 Å². The normalized spacial score (nSPS) is 13.4. The Balaban J connectivity index is 1.88. The zero-order valence-corrected chi connectivity index (χ0v) is 15.8. The summed E-state index contributed by atoms with van der Waals surface area (Å²) in [6, 6.07) is 7.04. The first-order valence-electron chi connectivity index (χ1n) is 8.91. The third-order valence-corrected chi connectivity index (χ3v) is 4.66. The first kappa shape index (κ1) is 18.5. The largest absolute Gasteiger partial charge is 0.350 e. The van der Waals surface area contributed by atoms with Gasteiger partial charge in [-0.1, -0.05) is 37.6 Å². The van der Waals surface area contributed by atoms with Gasteiger partial charge in [0.05, 0.1) is 16.4 Å². The minimum absolute atomic E-state index is 0.221. The molecule has 0 aliphatic carbocycles. The van der Waals surface area contributed by atoms with Crippen molar-refractivity contribution in [3.8, 4) is 0 Å². The van der Waals surface area contributed by atoms with Crippen LogP contribution in [0.15, 0.2) is 24.3 Å². The molecule has 1 aromatic carbocycles. The number of carbonyl (C=O) groups excluding carboxylic acids is 2. The fourth-order valence-electron chi connectivity index (χ4n) is 3.02. The molecule has 2 N–H and O–H groups in total. The van der Waals surface area contributed by atoms with E-state index in [4.69, 9.17) is 11.6 Å². The van der Waals surface area contributed by atoms with Crippen LogP contribution in [-0.2, 0) is 13.0 Å². The maximum atomic E-state index is 12.8. The fraction of sp³-hybridized carbons (Fsp3) is 0.421. The van der Waals surface area contributed by atoms with E-state index in [0.29, 0.717) is 35.4 Å². The lowest BCUT2D eigenvalue weighted by Gasteiger charge is -2.17. The van der Waals surface area contributed by atoms with Gasteiger partial charge in [0.25, 0.3) is 11.8 Å². The van der Waals surface area contributed by atoms with Crippen molar-refractivity contribution in [2.75, 3.05) is 11.9 Å². The highest BCUT2D eigenvalue weighted by Crippen LogP contribution is 2.24. The van der Waals surface area contributed by atoms with Gasteiger partial charge >= 0.3 is 0 Å². The van der Waals surface area contributed by atoms with Crippen molar-refractivity contribution in [2.24, 2.45) is 5.92 Å². The summed E-state index contributed by atoms with van der Waals surface area (Å²) in [5.41, 5.74) is 1.72. The zero-order valence-electron chi connectivity index (χ0n) is 15.0. The van der Waals surface area contributed by atoms with Gasteiger partial charge in [0.1, 0.15) is 5.69 Å². The van der Waals surface area contributed by atoms with Crippen LogP contribution in [0.3, 0.4) is 0 Å². The lowest BCUT2D eigenvalue weighted by Crippen LogP contribution is -2.29. The number of imidazole rings is 1. The molecule has 0 spiro atoms. The molecule has 0 atom stereocenters. The number of hydrogen-bond acceptors (Lipinski definition) is 3. The first-order valence-corrected chi connectivity index (χ1v) is 9.28. The maximum Gasteiger partial charge on any atom is 0.291 e. The highest BCUT2D eigenvalue weighted by Gasteiger charge is 2.27. The lowest BCUT2D eigenvalue weighted by molar-refractivity contribution is 0.0943. The third-order valence-electron chi connectivity index (χ3n) is 4.33. The van der Waals surface area contributed by atoms with E-state index in [1.165, 1.54) is 0 Å². The number of hydrogen-bond donors (Lipinski definition) is 2. The molecular weight excluding hydrogens is 352 g/mol. The molecule has 1 aromatic heterocycles. The molecule has 7 heteroatoms. The number of fused-ring (bicyclic) bond motifs is 1. The molecule has 0 bridgehead atoms. The molecule has 1 aliphatic heterocycles. The number of amides is 2. The summed E-state index contributed by atoms with van der Waals surface area (Å²) in [5, 5.41) is 6.14. The van der Waals surface area contributed by atoms with Crippen molar-refractivity contribution < 1.29 is 9.59 Å². The van der Waals surface area contributed by atoms with Crippen molar-refractivity contribution in [2.45, 2.75) is 39.7 Å². The maximum absolute atomic E-state index is 12.8. The Morgan fingerprint density at radius 2 is 2.00 bits per heavy atom. The van der Waals surface area contributed by atoms with Crippen LogP contribution in [-0.4, -0.2) is 27.9 Å². The molecule has 3 rings (SSSR count). The van der Waals surface area contributed by atoms with Crippen LogP contribution in [0.5, 0.6) is 0 Å². The Morgan fingerprint density at radius 3 is 2.73 bits per heavy atom. The number of halogens is 1. The molecule has 0 unspecified atom stereocenters. The molecule has 2 heterocycles. The molecule has 138 valence electrons. The number of nitrogens with one attached hydrogen (secondary N) is 2. The average Bonchev–Trinajstić information content (AvgIpc) is 3.01. The van der Waals surface area contributed by atoms with Crippen molar-refractivity contribution in [1.29, 1.82) is 0 Å². The number of carbonyl (C=O) groups is 2. The minimum atomic E-state index is -0.357. The molecule has 2 aromatic rings. The van der Waals surface area contributed by atoms with Crippen LogP contribution < -0.4 is 10.6 Å². The zero-order chi connectivity index (χ0) is 18.7. The third kappa shape index (κ3) is 3.90. The molecule has 6 nitrogen and oxygen atoms in total. The quantitative estimate of drug-likeness (QED) is 0.840. The molecule has 0 saturated carbocycles. The van der Waals surface area contributed by atoms with Gasteiger partial charge < -0.3 is 15.2 Å². The molecule has 1 aliphatic rings. The predicted octanol–water partition coefficient (Wildman–Crippen LogP) is 3.51. The van der Waals surface area contributed by atoms with E-state index in [9.17, 15) is 9.59 Å². The second-order valence-electron chi connectivity index (χ2n) is 6.88. The number of benzene rings is 1. The molecule has 26 heavy (non-hydrogen) atoms. The van der Waals surface area contributed by atoms with E-state index in [1.807, 2.05) is 18.4 Å². The monoisotopic (exact) mass is 374 g/mol. The van der Waals surface area contributed by atoms with Gasteiger partial charge in [-0.25, -0.2) is 4.98 Å². The Bertz CT molecular complexity index is 829. The summed E-state index contributed by atoms with van der Waals surface area (Å²) in [4.78, 5) is 29.7. The van der Waals surface area contributed by atoms with E-state index in [-0.39, 0.29) is 17.6 Å². The van der Waals surface area contributed by atoms with Gasteiger partial charge in [-0.15, -0.1) is 0 Å². The molecule has 0 fully saturated rings. The van der Waals surface area contributed by atoms with Crippen LogP contribution >= 0.6 is 11.6 Å². The molecule has 2 amide bonds. The van der Waals surface area contributed by atoms with E-state index in [0.717, 1.165) is 25.0 Å². The number of rotatable bonds is 5. The number of nitrogens with zero attached hydrogens (tertiary/aromatic N) is 2. The average molecular weight is 375 g/mol. The summed E-state index contributed by atoms with van der Waals surface area (Å²) in [6.07, 6.45) is 2.70. The van der Waals surface area contributed by atoms with Crippen molar-refractivity contribution in [3.63, 3.8) is 0 Å². The van der Waals surface area contributed by atoms with E-state index >= 15 is 0 Å². The van der Waals surface area contributed by atoms with Gasteiger partial charge in [0, 0.05) is 13.1 Å². The van der Waals surface area contributed by atoms with Crippen LogP contribution in [0.1, 0.15) is 53.5 Å². The van der Waals surface area contributed by atoms with Crippen LogP contribution in [0.25, 0.3) is 0 Å². The SMILES string of the molecule is CC(C)CNC(=O)c1nc(C(=O)Nc2ccccc2Cl)n2c1CCCC2. The van der Waals surface area contributed by atoms with Crippen molar-refractivity contribution in [3.05, 3.63) is 46.5 Å². The lowest BCUT2D eigenvalue weighted by atomic mass is 10.1. The summed E-state index contributed by atoms with van der Waals surface area (Å²) in [6.45, 7) is 5.33. The second-order valence-corrected chi connectivity index (χ2v) is 7.28. The summed E-state index contributed by atoms with van der Waals surface area (Å²) < 4.78 is 1.86. The Kier molecular flexibility index (Phi) is 5.61. The predicted molar refractivity (Wildman–Crippen MR) is 102 cm³/mol. The number of anilines is 1. The number of aromatic nitrogens is 2. The van der Waals surface area contributed by atoms with Gasteiger partial charge in [-0.05, 0) is 37.3 Å². The van der Waals surface area contributed by atoms with Gasteiger partial charge in [0.2, 0.25) is 0 Å². The van der Waals surface area contributed by atoms with Crippen molar-refractivity contribution >= 4 is 29.1 Å². The molecule has 0 saturated heterocycles. The van der Waals surface area contributed by atoms with E-state index in [1.54, 1.807) is 24.3 Å². The first-order chi connectivity index (χ1) is 12.5. The van der Waals surface area contributed by atoms with Crippen LogP contribution in [0.4, 0.5) is 5.69 Å². The van der Waals surface area contributed by atoms with Crippen molar-refractivity contribution in [1.82, 2.24) is 14.9 Å². The van der Waals surface area contributed by atoms with Gasteiger partial charge in [0.15, 0.2) is 5.82 Å². The highest BCUT2D eigenvalue weighted by atomic mass is 35.5. The standard InChI is InChI=1S/C19H23ClN4O2/c1-12(2)11-21-18(25)16-15-9-5-6-10-24(15)17(23-16)19(26)22-14-8-4-3-7-13(14)20/h3-4,7-8,12H,5-6,9-11H2,1-2H3,(H,21,25)(H,22,26). The second kappa shape index (κ2) is 7.91. The molecular formula is C19H23ClN4O2. The topological polar surface area (TPSA) is 76.0 Å². The summed E-state index contributed by atoms with van der Waals surface area (Å²) in [5.74, 6) is 0.0278. The highest BCUT2D eigenvalue weighted by molar-refractivity contribution is 6.33. The smallest absolute Gasteiger partial charge is 0.291 e. The van der Waals surface area contributed by atoms with E-state index < -0.39 is 0 Å². The Morgan fingerprint density at radius 1 is 1.23 bits per heavy atom.